The molecule has 0 spiro atoms. The highest BCUT2D eigenvalue weighted by Gasteiger charge is 2.06. The fourth-order valence-corrected chi connectivity index (χ4v) is 2.16. The first kappa shape index (κ1) is 9.68. The Labute approximate surface area is 90.8 Å². The van der Waals surface area contributed by atoms with Gasteiger partial charge in [-0.25, -0.2) is 0 Å². The number of benzene rings is 1. The van der Waals surface area contributed by atoms with Crippen molar-refractivity contribution < 1.29 is 0 Å². The zero-order valence-electron chi connectivity index (χ0n) is 7.97. The number of aromatic nitrogens is 2. The van der Waals surface area contributed by atoms with Crippen molar-refractivity contribution in [3.63, 3.8) is 0 Å². The Morgan fingerprint density at radius 1 is 1.50 bits per heavy atom. The van der Waals surface area contributed by atoms with Crippen LogP contribution in [0.25, 0.3) is 10.9 Å². The molecule has 2 aromatic rings. The highest BCUT2D eigenvalue weighted by atomic mass is 79.9. The minimum atomic E-state index is 0.675. The second kappa shape index (κ2) is 3.71. The Morgan fingerprint density at radius 2 is 2.29 bits per heavy atom. The average molecular weight is 254 g/mol. The number of nitrogens with zero attached hydrogens (tertiary/aromatic N) is 1. The summed E-state index contributed by atoms with van der Waals surface area (Å²) in [6, 6.07) is 4.22. The number of H-pyrrole nitrogens is 1. The molecule has 74 valence electrons. The van der Waals surface area contributed by atoms with E-state index in [0.29, 0.717) is 6.54 Å². The van der Waals surface area contributed by atoms with Gasteiger partial charge in [-0.2, -0.15) is 5.10 Å². The number of aryl methyl sites for hydroxylation is 1. The van der Waals surface area contributed by atoms with Gasteiger partial charge in [-0.3, -0.25) is 5.10 Å². The summed E-state index contributed by atoms with van der Waals surface area (Å²) < 4.78 is 1.03. The zero-order valence-corrected chi connectivity index (χ0v) is 9.56. The number of rotatable bonds is 2. The van der Waals surface area contributed by atoms with Crippen LogP contribution in [0.3, 0.4) is 0 Å². The standard InChI is InChI=1S/C10H12BrN3/c1-6-8-4-7(2-3-12)5-9(11)10(8)14-13-6/h4-5H,2-3,12H2,1H3,(H,13,14). The van der Waals surface area contributed by atoms with Gasteiger partial charge in [-0.15, -0.1) is 0 Å². The molecule has 0 amide bonds. The normalized spacial score (nSPS) is 11.1. The van der Waals surface area contributed by atoms with E-state index in [0.717, 1.165) is 22.1 Å². The van der Waals surface area contributed by atoms with Gasteiger partial charge in [0, 0.05) is 15.6 Å². The van der Waals surface area contributed by atoms with Crippen molar-refractivity contribution in [1.29, 1.82) is 0 Å². The van der Waals surface area contributed by atoms with Crippen LogP contribution in [-0.2, 0) is 6.42 Å². The van der Waals surface area contributed by atoms with Gasteiger partial charge in [-0.05, 0) is 53.5 Å². The van der Waals surface area contributed by atoms with E-state index in [1.54, 1.807) is 0 Å². The molecule has 2 rings (SSSR count). The molecule has 3 N–H and O–H groups in total. The van der Waals surface area contributed by atoms with Gasteiger partial charge >= 0.3 is 0 Å². The summed E-state index contributed by atoms with van der Waals surface area (Å²) in [7, 11) is 0. The smallest absolute Gasteiger partial charge is 0.107 e. The number of hydrogen-bond donors (Lipinski definition) is 2. The Balaban J connectivity index is 2.63. The van der Waals surface area contributed by atoms with Crippen LogP contribution in [0.1, 0.15) is 11.3 Å². The molecule has 0 aliphatic heterocycles. The fraction of sp³-hybridized carbons (Fsp3) is 0.300. The molecular formula is C10H12BrN3. The van der Waals surface area contributed by atoms with E-state index in [9.17, 15) is 0 Å². The van der Waals surface area contributed by atoms with Gasteiger partial charge in [0.15, 0.2) is 0 Å². The maximum Gasteiger partial charge on any atom is 0.107 e. The SMILES string of the molecule is Cc1[nH]nc2c(Br)cc(CCN)cc12. The predicted molar refractivity (Wildman–Crippen MR) is 61.3 cm³/mol. The zero-order chi connectivity index (χ0) is 10.1. The molecule has 0 saturated heterocycles. The molecule has 0 unspecified atom stereocenters. The topological polar surface area (TPSA) is 54.7 Å². The van der Waals surface area contributed by atoms with Crippen molar-refractivity contribution >= 4 is 26.8 Å². The van der Waals surface area contributed by atoms with Crippen molar-refractivity contribution in [2.45, 2.75) is 13.3 Å². The van der Waals surface area contributed by atoms with E-state index in [4.69, 9.17) is 5.73 Å². The summed E-state index contributed by atoms with van der Waals surface area (Å²) in [5, 5.41) is 8.36. The summed E-state index contributed by atoms with van der Waals surface area (Å²) in [5.74, 6) is 0. The van der Waals surface area contributed by atoms with Crippen molar-refractivity contribution in [2.24, 2.45) is 5.73 Å². The molecule has 0 radical (unpaired) electrons. The molecule has 14 heavy (non-hydrogen) atoms. The van der Waals surface area contributed by atoms with E-state index in [1.165, 1.54) is 10.9 Å². The molecule has 0 atom stereocenters. The first-order valence-electron chi connectivity index (χ1n) is 4.55. The van der Waals surface area contributed by atoms with E-state index in [-0.39, 0.29) is 0 Å². The first-order valence-corrected chi connectivity index (χ1v) is 5.35. The third-order valence-corrected chi connectivity index (χ3v) is 2.90. The lowest BCUT2D eigenvalue weighted by atomic mass is 10.1. The number of halogens is 1. The number of nitrogens with two attached hydrogens (primary N) is 1. The number of fused-ring (bicyclic) bond motifs is 1. The van der Waals surface area contributed by atoms with Crippen LogP contribution in [0.15, 0.2) is 16.6 Å². The largest absolute Gasteiger partial charge is 0.330 e. The third kappa shape index (κ3) is 1.55. The van der Waals surface area contributed by atoms with Crippen LogP contribution in [-0.4, -0.2) is 16.7 Å². The van der Waals surface area contributed by atoms with Crippen LogP contribution in [0.2, 0.25) is 0 Å². The van der Waals surface area contributed by atoms with Gasteiger partial charge in [0.1, 0.15) is 5.52 Å². The third-order valence-electron chi connectivity index (χ3n) is 2.30. The van der Waals surface area contributed by atoms with Gasteiger partial charge in [0.05, 0.1) is 0 Å². The number of nitrogens with one attached hydrogen (secondary N) is 1. The van der Waals surface area contributed by atoms with Crippen molar-refractivity contribution in [3.05, 3.63) is 27.9 Å². The molecule has 0 saturated carbocycles. The molecule has 0 fully saturated rings. The second-order valence-corrected chi connectivity index (χ2v) is 4.22. The molecule has 0 bridgehead atoms. The molecule has 0 aliphatic rings. The van der Waals surface area contributed by atoms with E-state index in [1.807, 2.05) is 6.92 Å². The quantitative estimate of drug-likeness (QED) is 0.862. The highest BCUT2D eigenvalue weighted by molar-refractivity contribution is 9.10. The molecule has 1 aromatic carbocycles. The minimum absolute atomic E-state index is 0.675. The van der Waals surface area contributed by atoms with Crippen molar-refractivity contribution in [3.8, 4) is 0 Å². The van der Waals surface area contributed by atoms with Gasteiger partial charge in [0.25, 0.3) is 0 Å². The van der Waals surface area contributed by atoms with E-state index in [2.05, 4.69) is 38.3 Å². The van der Waals surface area contributed by atoms with Crippen LogP contribution >= 0.6 is 15.9 Å². The Bertz CT molecular complexity index is 462. The maximum atomic E-state index is 5.53. The fourth-order valence-electron chi connectivity index (χ4n) is 1.57. The maximum absolute atomic E-state index is 5.53. The average Bonchev–Trinajstić information content (AvgIpc) is 2.49. The Morgan fingerprint density at radius 3 is 3.00 bits per heavy atom. The first-order chi connectivity index (χ1) is 6.72. The summed E-state index contributed by atoms with van der Waals surface area (Å²) in [6.45, 7) is 2.70. The van der Waals surface area contributed by atoms with Crippen molar-refractivity contribution in [1.82, 2.24) is 10.2 Å². The summed E-state index contributed by atoms with van der Waals surface area (Å²) in [4.78, 5) is 0. The molecule has 4 heteroatoms. The summed E-state index contributed by atoms with van der Waals surface area (Å²) in [6.07, 6.45) is 0.902. The lowest BCUT2D eigenvalue weighted by molar-refractivity contribution is 0.970. The summed E-state index contributed by atoms with van der Waals surface area (Å²) in [5.41, 5.74) is 8.86. The van der Waals surface area contributed by atoms with Crippen molar-refractivity contribution in [2.75, 3.05) is 6.54 Å². The highest BCUT2D eigenvalue weighted by Crippen LogP contribution is 2.26. The molecule has 3 nitrogen and oxygen atoms in total. The van der Waals surface area contributed by atoms with E-state index >= 15 is 0 Å². The van der Waals surface area contributed by atoms with E-state index < -0.39 is 0 Å². The molecule has 0 aliphatic carbocycles. The molecule has 1 heterocycles. The van der Waals surface area contributed by atoms with Crippen LogP contribution < -0.4 is 5.73 Å². The second-order valence-electron chi connectivity index (χ2n) is 3.36. The van der Waals surface area contributed by atoms with Gasteiger partial charge in [0.2, 0.25) is 0 Å². The van der Waals surface area contributed by atoms with Crippen LogP contribution in [0.4, 0.5) is 0 Å². The Kier molecular flexibility index (Phi) is 2.56. The van der Waals surface area contributed by atoms with Crippen LogP contribution in [0, 0.1) is 6.92 Å². The summed E-state index contributed by atoms with van der Waals surface area (Å²) >= 11 is 3.51. The predicted octanol–water partition coefficient (Wildman–Crippen LogP) is 2.14. The van der Waals surface area contributed by atoms with Gasteiger partial charge in [-0.1, -0.05) is 0 Å². The van der Waals surface area contributed by atoms with Gasteiger partial charge < -0.3 is 5.73 Å². The Hall–Kier alpha value is -0.870. The number of aromatic amines is 1. The minimum Gasteiger partial charge on any atom is -0.330 e. The monoisotopic (exact) mass is 253 g/mol. The molecular weight excluding hydrogens is 242 g/mol. The lowest BCUT2D eigenvalue weighted by Crippen LogP contribution is -2.02. The number of hydrogen-bond acceptors (Lipinski definition) is 2. The lowest BCUT2D eigenvalue weighted by Gasteiger charge is -2.00. The van der Waals surface area contributed by atoms with Crippen LogP contribution in [0.5, 0.6) is 0 Å². The molecule has 1 aromatic heterocycles.